The molecule has 7 nitrogen and oxygen atoms in total. The molecule has 0 aliphatic rings. The van der Waals surface area contributed by atoms with Crippen molar-refractivity contribution in [2.24, 2.45) is 0 Å². The molecule has 0 atom stereocenters. The van der Waals surface area contributed by atoms with Crippen LogP contribution < -0.4 is 20.3 Å². The monoisotopic (exact) mass is 445 g/mol. The van der Waals surface area contributed by atoms with Crippen molar-refractivity contribution in [1.82, 2.24) is 15.6 Å². The number of amides is 2. The molecular weight excluding hydrogens is 434 g/mol. The van der Waals surface area contributed by atoms with Crippen molar-refractivity contribution in [3.05, 3.63) is 24.3 Å². The van der Waals surface area contributed by atoms with Gasteiger partial charge in [0.1, 0.15) is 5.75 Å². The summed E-state index contributed by atoms with van der Waals surface area (Å²) in [5, 5.41) is 0.598. The molecule has 0 bridgehead atoms. The number of urea groups is 1. The first kappa shape index (κ1) is 23.7. The van der Waals surface area contributed by atoms with Crippen molar-refractivity contribution in [3.63, 3.8) is 0 Å². The van der Waals surface area contributed by atoms with E-state index in [4.69, 9.17) is 0 Å². The number of carbonyl (C=O) groups excluding carboxylic acids is 1. The van der Waals surface area contributed by atoms with Gasteiger partial charge in [0, 0.05) is 0 Å². The average molecular weight is 445 g/mol. The van der Waals surface area contributed by atoms with E-state index in [1.807, 2.05) is 0 Å². The van der Waals surface area contributed by atoms with E-state index < -0.39 is 51.2 Å². The van der Waals surface area contributed by atoms with Gasteiger partial charge in [-0.1, -0.05) is 0 Å². The molecule has 0 spiro atoms. The van der Waals surface area contributed by atoms with Crippen molar-refractivity contribution in [2.75, 3.05) is 0 Å². The zero-order chi connectivity index (χ0) is 22.0. The van der Waals surface area contributed by atoms with Gasteiger partial charge in [-0.25, -0.2) is 13.2 Å². The standard InChI is InChI=1S/C12H11F8N3O4S/c1-10(11(15,16)17,12(18,19)20)21-9(24)22-23-28(25,26)7-4-2-6(3-5-7)27-8(13)14/h2-5,8,23H,1H3,(H2,21,22,24). The smallest absolute Gasteiger partial charge is 0.420 e. The van der Waals surface area contributed by atoms with Gasteiger partial charge in [0.25, 0.3) is 10.0 Å². The van der Waals surface area contributed by atoms with Gasteiger partial charge in [-0.05, 0) is 31.2 Å². The zero-order valence-corrected chi connectivity index (χ0v) is 14.3. The Hall–Kier alpha value is -2.36. The Labute approximate surface area is 152 Å². The summed E-state index contributed by atoms with van der Waals surface area (Å²) in [7, 11) is -4.65. The third-order valence-electron chi connectivity index (χ3n) is 3.16. The number of hydrazine groups is 1. The molecule has 28 heavy (non-hydrogen) atoms. The topological polar surface area (TPSA) is 96.5 Å². The molecule has 0 saturated heterocycles. The minimum absolute atomic E-state index is 0.358. The summed E-state index contributed by atoms with van der Waals surface area (Å²) in [6, 6.07) is 0.902. The minimum atomic E-state index is -5.94. The summed E-state index contributed by atoms with van der Waals surface area (Å²) in [6.45, 7) is -3.55. The highest BCUT2D eigenvalue weighted by Crippen LogP contribution is 2.42. The lowest BCUT2D eigenvalue weighted by molar-refractivity contribution is -0.297. The van der Waals surface area contributed by atoms with Crippen LogP contribution in [0.3, 0.4) is 0 Å². The van der Waals surface area contributed by atoms with Gasteiger partial charge in [0.05, 0.1) is 4.90 Å². The largest absolute Gasteiger partial charge is 0.435 e. The van der Waals surface area contributed by atoms with Gasteiger partial charge in [-0.2, -0.15) is 35.1 Å². The summed E-state index contributed by atoms with van der Waals surface area (Å²) in [5.41, 5.74) is -3.53. The van der Waals surface area contributed by atoms with Crippen molar-refractivity contribution in [3.8, 4) is 5.75 Å². The highest BCUT2D eigenvalue weighted by Gasteiger charge is 2.68. The molecule has 160 valence electrons. The van der Waals surface area contributed by atoms with Gasteiger partial charge < -0.3 is 10.1 Å². The molecule has 1 aromatic carbocycles. The summed E-state index contributed by atoms with van der Waals surface area (Å²) in [6.07, 6.45) is -11.9. The van der Waals surface area contributed by atoms with Crippen LogP contribution in [0.25, 0.3) is 0 Å². The second-order valence-electron chi connectivity index (χ2n) is 5.16. The second-order valence-corrected chi connectivity index (χ2v) is 6.84. The fourth-order valence-corrected chi connectivity index (χ4v) is 2.37. The first-order valence-electron chi connectivity index (χ1n) is 6.78. The number of benzene rings is 1. The van der Waals surface area contributed by atoms with Crippen molar-refractivity contribution >= 4 is 16.1 Å². The molecule has 0 radical (unpaired) electrons. The van der Waals surface area contributed by atoms with Crippen LogP contribution >= 0.6 is 0 Å². The average Bonchev–Trinajstić information content (AvgIpc) is 2.51. The molecule has 1 aromatic rings. The highest BCUT2D eigenvalue weighted by molar-refractivity contribution is 7.89. The lowest BCUT2D eigenvalue weighted by Crippen LogP contribution is -2.67. The molecule has 16 heteroatoms. The number of alkyl halides is 8. The molecule has 0 fully saturated rings. The lowest BCUT2D eigenvalue weighted by Gasteiger charge is -2.34. The number of nitrogens with one attached hydrogen (secondary N) is 3. The third-order valence-corrected chi connectivity index (χ3v) is 4.42. The second kappa shape index (κ2) is 7.94. The Bertz CT molecular complexity index is 779. The normalized spacial score (nSPS) is 13.4. The van der Waals surface area contributed by atoms with Crippen LogP contribution in [0.15, 0.2) is 29.2 Å². The van der Waals surface area contributed by atoms with Crippen molar-refractivity contribution in [1.29, 1.82) is 0 Å². The highest BCUT2D eigenvalue weighted by atomic mass is 32.2. The maximum absolute atomic E-state index is 12.7. The molecule has 1 rings (SSSR count). The number of carbonyl (C=O) groups is 1. The number of rotatable bonds is 6. The van der Waals surface area contributed by atoms with Crippen LogP contribution in [0.4, 0.5) is 39.9 Å². The van der Waals surface area contributed by atoms with Gasteiger partial charge in [-0.3, -0.25) is 5.43 Å². The van der Waals surface area contributed by atoms with E-state index in [9.17, 15) is 48.3 Å². The molecular formula is C12H11F8N3O4S. The molecule has 0 aliphatic heterocycles. The first-order valence-corrected chi connectivity index (χ1v) is 8.26. The Morgan fingerprint density at radius 1 is 1.00 bits per heavy atom. The van der Waals surface area contributed by atoms with Crippen LogP contribution in [0, 0.1) is 0 Å². The molecule has 0 heterocycles. The van der Waals surface area contributed by atoms with Gasteiger partial charge >= 0.3 is 25.0 Å². The SMILES string of the molecule is CC(NC(=O)NNS(=O)(=O)c1ccc(OC(F)F)cc1)(C(F)(F)F)C(F)(F)F. The van der Waals surface area contributed by atoms with E-state index in [2.05, 4.69) is 4.74 Å². The number of sulfonamides is 1. The molecule has 0 saturated carbocycles. The van der Waals surface area contributed by atoms with Crippen molar-refractivity contribution in [2.45, 2.75) is 36.3 Å². The predicted molar refractivity (Wildman–Crippen MR) is 75.6 cm³/mol. The van der Waals surface area contributed by atoms with E-state index in [-0.39, 0.29) is 6.92 Å². The molecule has 2 amide bonds. The molecule has 0 aliphatic carbocycles. The van der Waals surface area contributed by atoms with Crippen LogP contribution in [-0.2, 0) is 10.0 Å². The summed E-state index contributed by atoms with van der Waals surface area (Å²) < 4.78 is 128. The maximum atomic E-state index is 12.7. The maximum Gasteiger partial charge on any atom is 0.420 e. The molecule has 0 unspecified atom stereocenters. The van der Waals surface area contributed by atoms with E-state index in [1.165, 1.54) is 4.83 Å². The number of ether oxygens (including phenoxy) is 1. The lowest BCUT2D eigenvalue weighted by atomic mass is 10.0. The van der Waals surface area contributed by atoms with Gasteiger partial charge in [0.15, 0.2) is 0 Å². The number of hydrogen-bond acceptors (Lipinski definition) is 4. The van der Waals surface area contributed by atoms with E-state index in [0.29, 0.717) is 5.32 Å². The third kappa shape index (κ3) is 5.57. The Morgan fingerprint density at radius 3 is 1.86 bits per heavy atom. The van der Waals surface area contributed by atoms with Gasteiger partial charge in [-0.15, -0.1) is 4.83 Å². The van der Waals surface area contributed by atoms with Crippen LogP contribution in [0.2, 0.25) is 0 Å². The quantitative estimate of drug-likeness (QED) is 0.464. The minimum Gasteiger partial charge on any atom is -0.435 e. The van der Waals surface area contributed by atoms with Crippen LogP contribution in [-0.4, -0.2) is 39.0 Å². The predicted octanol–water partition coefficient (Wildman–Crippen LogP) is 2.66. The summed E-state index contributed by atoms with van der Waals surface area (Å²) >= 11 is 0. The number of halogens is 8. The van der Waals surface area contributed by atoms with E-state index in [1.54, 1.807) is 0 Å². The van der Waals surface area contributed by atoms with Crippen molar-refractivity contribution < 1.29 is 53.1 Å². The Morgan fingerprint density at radius 2 is 1.46 bits per heavy atom. The molecule has 3 N–H and O–H groups in total. The molecule has 0 aromatic heterocycles. The van der Waals surface area contributed by atoms with Crippen LogP contribution in [0.5, 0.6) is 5.75 Å². The summed E-state index contributed by atoms with van der Waals surface area (Å²) in [5.74, 6) is -0.425. The summed E-state index contributed by atoms with van der Waals surface area (Å²) in [4.78, 5) is 11.9. The van der Waals surface area contributed by atoms with E-state index >= 15 is 0 Å². The van der Waals surface area contributed by atoms with Crippen LogP contribution in [0.1, 0.15) is 6.92 Å². The fourth-order valence-electron chi connectivity index (χ4n) is 1.53. The Kier molecular flexibility index (Phi) is 6.72. The zero-order valence-electron chi connectivity index (χ0n) is 13.5. The Balaban J connectivity index is 2.85. The first-order chi connectivity index (χ1) is 12.5. The van der Waals surface area contributed by atoms with E-state index in [0.717, 1.165) is 29.7 Å². The number of hydrogen-bond donors (Lipinski definition) is 3. The van der Waals surface area contributed by atoms with Gasteiger partial charge in [0.2, 0.25) is 5.54 Å². The fraction of sp³-hybridized carbons (Fsp3) is 0.417.